The molecule has 4 bridgehead atoms. The molecular formula is C32H50N6O8Si. The number of ether oxygens (including phenoxy) is 2. The number of urea groups is 1. The number of methoxy groups -OCH3 is 2. The van der Waals surface area contributed by atoms with Crippen molar-refractivity contribution in [1.82, 2.24) is 30.1 Å². The molecule has 2 atom stereocenters. The van der Waals surface area contributed by atoms with Gasteiger partial charge in [-0.25, -0.2) is 14.4 Å². The van der Waals surface area contributed by atoms with E-state index >= 15 is 0 Å². The van der Waals surface area contributed by atoms with Crippen LogP contribution in [0, 0.1) is 0 Å². The van der Waals surface area contributed by atoms with Crippen LogP contribution in [0.15, 0.2) is 10.6 Å². The highest BCUT2D eigenvalue weighted by atomic mass is 28.4. The summed E-state index contributed by atoms with van der Waals surface area (Å²) in [5, 5.41) is 11.6. The highest BCUT2D eigenvalue weighted by Crippen LogP contribution is 2.42. The van der Waals surface area contributed by atoms with Gasteiger partial charge in [-0.2, -0.15) is 0 Å². The zero-order valence-electron chi connectivity index (χ0n) is 29.1. The predicted molar refractivity (Wildman–Crippen MR) is 175 cm³/mol. The predicted octanol–water partition coefficient (Wildman–Crippen LogP) is 4.40. The van der Waals surface area contributed by atoms with Crippen molar-refractivity contribution < 1.29 is 37.5 Å². The quantitative estimate of drug-likeness (QED) is 0.314. The second-order valence-electron chi connectivity index (χ2n) is 13.5. The number of aromatic nitrogens is 3. The summed E-state index contributed by atoms with van der Waals surface area (Å²) in [5.74, 6) is -2.40. The Morgan fingerprint density at radius 3 is 2.28 bits per heavy atom. The van der Waals surface area contributed by atoms with Gasteiger partial charge in [0.2, 0.25) is 5.76 Å². The summed E-state index contributed by atoms with van der Waals surface area (Å²) in [6.45, 7) is 14.4. The Kier molecular flexibility index (Phi) is 11.5. The molecule has 0 radical (unpaired) electrons. The van der Waals surface area contributed by atoms with Gasteiger partial charge in [-0.15, -0.1) is 5.10 Å². The SMILES string of the molecule is COC(=O)c1c2oc(c1C(=O)OC)C(=O)N1CCC[C@H]1Cn1cc(nn1)CN(C)C(=O)N[C@H](CO[Si](C(C)C)(C(C)C)C(C)C)CC2. The van der Waals surface area contributed by atoms with Crippen molar-refractivity contribution in [3.63, 3.8) is 0 Å². The van der Waals surface area contributed by atoms with E-state index in [0.29, 0.717) is 41.8 Å². The Bertz CT molecular complexity index is 1430. The Labute approximate surface area is 277 Å². The Morgan fingerprint density at radius 1 is 1.02 bits per heavy atom. The van der Waals surface area contributed by atoms with Crippen LogP contribution in [-0.2, 0) is 33.4 Å². The minimum atomic E-state index is -2.31. The number of carbonyl (C=O) groups is 4. The van der Waals surface area contributed by atoms with Gasteiger partial charge < -0.3 is 33.4 Å². The number of carbonyl (C=O) groups excluding carboxylic acids is 4. The van der Waals surface area contributed by atoms with E-state index in [1.54, 1.807) is 22.8 Å². The lowest BCUT2D eigenvalue weighted by Crippen LogP contribution is -2.52. The summed E-state index contributed by atoms with van der Waals surface area (Å²) < 4.78 is 24.8. The fourth-order valence-electron chi connectivity index (χ4n) is 7.41. The molecule has 4 rings (SSSR count). The van der Waals surface area contributed by atoms with Gasteiger partial charge in [0.15, 0.2) is 8.32 Å². The van der Waals surface area contributed by atoms with E-state index < -0.39 is 32.2 Å². The molecule has 3 amide bonds. The van der Waals surface area contributed by atoms with Crippen molar-refractivity contribution >= 4 is 32.2 Å². The second kappa shape index (κ2) is 15.0. The fraction of sp³-hybridized carbons (Fsp3) is 0.688. The number of nitrogens with zero attached hydrogens (tertiary/aromatic N) is 5. The molecule has 4 heterocycles. The Hall–Kier alpha value is -3.72. The lowest BCUT2D eigenvalue weighted by Gasteiger charge is -2.43. The average Bonchev–Trinajstić information content (AvgIpc) is 3.77. The highest BCUT2D eigenvalue weighted by Gasteiger charge is 2.46. The molecule has 1 saturated heterocycles. The topological polar surface area (TPSA) is 158 Å². The fourth-order valence-corrected chi connectivity index (χ4v) is 12.9. The molecule has 0 spiro atoms. The lowest BCUT2D eigenvalue weighted by atomic mass is 10.0. The van der Waals surface area contributed by atoms with E-state index in [9.17, 15) is 19.2 Å². The molecule has 0 saturated carbocycles. The van der Waals surface area contributed by atoms with Gasteiger partial charge >= 0.3 is 18.0 Å². The number of furan rings is 1. The van der Waals surface area contributed by atoms with Crippen molar-refractivity contribution in [2.75, 3.05) is 34.4 Å². The monoisotopic (exact) mass is 674 g/mol. The molecule has 2 aromatic heterocycles. The van der Waals surface area contributed by atoms with E-state index in [0.717, 1.165) is 6.42 Å². The molecule has 1 fully saturated rings. The number of aryl methyl sites for hydroxylation is 1. The second-order valence-corrected chi connectivity index (χ2v) is 18.9. The van der Waals surface area contributed by atoms with Crippen LogP contribution in [0.5, 0.6) is 0 Å². The summed E-state index contributed by atoms with van der Waals surface area (Å²) in [4.78, 5) is 57.1. The number of nitrogens with one attached hydrogen (secondary N) is 1. The van der Waals surface area contributed by atoms with Crippen LogP contribution >= 0.6 is 0 Å². The van der Waals surface area contributed by atoms with Gasteiger partial charge in [-0.3, -0.25) is 9.48 Å². The molecule has 260 valence electrons. The number of hydrogen-bond donors (Lipinski definition) is 1. The molecule has 1 N–H and O–H groups in total. The third kappa shape index (κ3) is 7.40. The summed E-state index contributed by atoms with van der Waals surface area (Å²) in [6.07, 6.45) is 3.59. The molecular weight excluding hydrogens is 624 g/mol. The van der Waals surface area contributed by atoms with Crippen LogP contribution in [0.2, 0.25) is 16.6 Å². The molecule has 2 aliphatic rings. The number of hydrogen-bond acceptors (Lipinski definition) is 10. The van der Waals surface area contributed by atoms with Gasteiger partial charge in [0.1, 0.15) is 22.6 Å². The number of esters is 2. The zero-order chi connectivity index (χ0) is 34.6. The zero-order valence-corrected chi connectivity index (χ0v) is 30.1. The molecule has 2 aliphatic heterocycles. The maximum Gasteiger partial charge on any atom is 0.342 e. The standard InChI is InChI=1S/C32H50N6O8Si/c1-19(2)47(20(3)4,21(5)6)45-18-22-12-13-25-26(30(40)43-8)27(31(41)44-9)28(46-25)29(39)38-14-10-11-24(38)17-37-16-23(34-35-37)15-36(7)32(42)33-22/h16,19-22,24H,10-15,17-18H2,1-9H3,(H,33,42)/t22-,24-/m0/s1. The van der Waals surface area contributed by atoms with Crippen LogP contribution in [-0.4, -0.2) is 103 Å². The molecule has 47 heavy (non-hydrogen) atoms. The summed E-state index contributed by atoms with van der Waals surface area (Å²) in [5.41, 5.74) is 1.14. The molecule has 0 aliphatic carbocycles. The van der Waals surface area contributed by atoms with E-state index in [1.165, 1.54) is 19.1 Å². The smallest absolute Gasteiger partial charge is 0.342 e. The normalized spacial score (nSPS) is 19.7. The number of amides is 3. The van der Waals surface area contributed by atoms with Gasteiger partial charge in [0.05, 0.1) is 52.2 Å². The third-order valence-electron chi connectivity index (χ3n) is 9.61. The van der Waals surface area contributed by atoms with E-state index in [4.69, 9.17) is 18.3 Å². The lowest BCUT2D eigenvalue weighted by molar-refractivity contribution is 0.0549. The van der Waals surface area contributed by atoms with E-state index in [2.05, 4.69) is 57.2 Å². The summed E-state index contributed by atoms with van der Waals surface area (Å²) in [6, 6.07) is -1.09. The first kappa shape index (κ1) is 36.1. The largest absolute Gasteiger partial charge is 0.465 e. The van der Waals surface area contributed by atoms with Gasteiger partial charge in [0.25, 0.3) is 5.91 Å². The van der Waals surface area contributed by atoms with Crippen LogP contribution < -0.4 is 5.32 Å². The van der Waals surface area contributed by atoms with Crippen LogP contribution in [0.3, 0.4) is 0 Å². The van der Waals surface area contributed by atoms with Gasteiger partial charge in [-0.1, -0.05) is 46.8 Å². The minimum Gasteiger partial charge on any atom is -0.465 e. The van der Waals surface area contributed by atoms with Gasteiger partial charge in [-0.05, 0) is 35.9 Å². The van der Waals surface area contributed by atoms with Crippen molar-refractivity contribution in [1.29, 1.82) is 0 Å². The molecule has 0 unspecified atom stereocenters. The maximum absolute atomic E-state index is 14.1. The van der Waals surface area contributed by atoms with E-state index in [-0.39, 0.29) is 60.7 Å². The Morgan fingerprint density at radius 2 is 1.66 bits per heavy atom. The number of fused-ring (bicyclic) bond motifs is 5. The van der Waals surface area contributed by atoms with Crippen LogP contribution in [0.1, 0.15) is 104 Å². The molecule has 15 heteroatoms. The van der Waals surface area contributed by atoms with Crippen molar-refractivity contribution in [3.05, 3.63) is 34.5 Å². The molecule has 14 nitrogen and oxygen atoms in total. The summed E-state index contributed by atoms with van der Waals surface area (Å²) >= 11 is 0. The number of rotatable bonds is 8. The van der Waals surface area contributed by atoms with Crippen LogP contribution in [0.25, 0.3) is 0 Å². The average molecular weight is 675 g/mol. The van der Waals surface area contributed by atoms with E-state index in [1.807, 2.05) is 0 Å². The van der Waals surface area contributed by atoms with Crippen molar-refractivity contribution in [2.24, 2.45) is 0 Å². The van der Waals surface area contributed by atoms with Crippen molar-refractivity contribution in [3.8, 4) is 0 Å². The first-order valence-corrected chi connectivity index (χ1v) is 18.6. The first-order chi connectivity index (χ1) is 22.2. The molecule has 0 aromatic carbocycles. The van der Waals surface area contributed by atoms with Gasteiger partial charge in [0, 0.05) is 20.0 Å². The third-order valence-corrected chi connectivity index (χ3v) is 15.7. The van der Waals surface area contributed by atoms with Crippen LogP contribution in [0.4, 0.5) is 4.79 Å². The summed E-state index contributed by atoms with van der Waals surface area (Å²) in [7, 11) is 1.75. The highest BCUT2D eigenvalue weighted by molar-refractivity contribution is 6.77. The van der Waals surface area contributed by atoms with Crippen molar-refractivity contribution in [2.45, 2.75) is 109 Å². The maximum atomic E-state index is 14.1. The first-order valence-electron chi connectivity index (χ1n) is 16.4. The molecule has 2 aromatic rings. The Balaban J connectivity index is 1.80. The minimum absolute atomic E-state index is 0.105.